The third-order valence-electron chi connectivity index (χ3n) is 5.72. The van der Waals surface area contributed by atoms with Crippen LogP contribution in [0.5, 0.6) is 11.5 Å². The third-order valence-corrected chi connectivity index (χ3v) is 7.32. The van der Waals surface area contributed by atoms with E-state index in [0.29, 0.717) is 34.2 Å². The van der Waals surface area contributed by atoms with Gasteiger partial charge in [0.1, 0.15) is 22.0 Å². The Morgan fingerprint density at radius 3 is 2.39 bits per heavy atom. The molecule has 0 aliphatic carbocycles. The van der Waals surface area contributed by atoms with E-state index in [0.717, 1.165) is 0 Å². The van der Waals surface area contributed by atoms with E-state index in [1.807, 2.05) is 6.92 Å². The first-order chi connectivity index (χ1) is 18.0. The molecule has 0 aliphatic rings. The smallest absolute Gasteiger partial charge is 0.296 e. The summed E-state index contributed by atoms with van der Waals surface area (Å²) in [4.78, 5) is 12.6. The predicted molar refractivity (Wildman–Crippen MR) is 146 cm³/mol. The Kier molecular flexibility index (Phi) is 7.89. The van der Waals surface area contributed by atoms with Crippen molar-refractivity contribution >= 4 is 67.1 Å². The maximum Gasteiger partial charge on any atom is 0.296 e. The normalized spacial score (nSPS) is 11.7. The molecule has 0 radical (unpaired) electrons. The van der Waals surface area contributed by atoms with Gasteiger partial charge in [-0.15, -0.1) is 10.2 Å². The monoisotopic (exact) mass is 573 g/mol. The van der Waals surface area contributed by atoms with Gasteiger partial charge in [0.2, 0.25) is 0 Å². The van der Waals surface area contributed by atoms with Crippen LogP contribution in [0.15, 0.2) is 75.8 Å². The molecule has 4 rings (SSSR count). The first-order valence-electron chi connectivity index (χ1n) is 11.1. The number of fused-ring (bicyclic) bond motifs is 1. The zero-order valence-corrected chi connectivity index (χ0v) is 22.4. The number of nitrogens with one attached hydrogen (secondary N) is 1. The first kappa shape index (κ1) is 27.3. The minimum atomic E-state index is -4.69. The quantitative estimate of drug-likeness (QED) is 0.156. The average molecular weight is 574 g/mol. The number of benzene rings is 4. The lowest BCUT2D eigenvalue weighted by atomic mass is 10.0. The minimum Gasteiger partial charge on any atom is -0.505 e. The van der Waals surface area contributed by atoms with Crippen molar-refractivity contribution in [3.63, 3.8) is 0 Å². The van der Waals surface area contributed by atoms with Crippen LogP contribution in [-0.4, -0.2) is 31.1 Å². The third kappa shape index (κ3) is 5.44. The summed E-state index contributed by atoms with van der Waals surface area (Å²) in [5, 5.41) is 23.1. The molecule has 196 valence electrons. The molecule has 4 aromatic rings. The van der Waals surface area contributed by atoms with E-state index in [1.165, 1.54) is 31.4 Å². The highest BCUT2D eigenvalue weighted by molar-refractivity contribution is 7.86. The van der Waals surface area contributed by atoms with E-state index >= 15 is 0 Å². The molecule has 9 nitrogen and oxygen atoms in total. The van der Waals surface area contributed by atoms with Crippen LogP contribution in [0.3, 0.4) is 0 Å². The molecule has 38 heavy (non-hydrogen) atoms. The van der Waals surface area contributed by atoms with Gasteiger partial charge in [0.05, 0.1) is 22.7 Å². The molecule has 0 spiro atoms. The standard InChI is InChI=1S/C26H21Cl2N3O6S/c1-3-14-8-11-21(38(34,35)36)24(22(14)28)31-30-23-17-7-5-4-6-15(17)12-18(25(23)32)26(33)29-16-9-10-20(37-2)19(27)13-16/h4-13,32H,3H2,1-2H3,(H,29,33)(H,34,35,36). The zero-order chi connectivity index (χ0) is 27.6. The van der Waals surface area contributed by atoms with Gasteiger partial charge < -0.3 is 15.2 Å². The van der Waals surface area contributed by atoms with E-state index in [2.05, 4.69) is 15.5 Å². The second-order valence-electron chi connectivity index (χ2n) is 8.06. The van der Waals surface area contributed by atoms with Crippen LogP contribution in [0, 0.1) is 0 Å². The summed E-state index contributed by atoms with van der Waals surface area (Å²) in [6.45, 7) is 1.81. The Balaban J connectivity index is 1.84. The topological polar surface area (TPSA) is 138 Å². The first-order valence-corrected chi connectivity index (χ1v) is 13.3. The lowest BCUT2D eigenvalue weighted by Gasteiger charge is -2.12. The van der Waals surface area contributed by atoms with Gasteiger partial charge in [-0.05, 0) is 47.7 Å². The van der Waals surface area contributed by atoms with Crippen LogP contribution in [0.25, 0.3) is 10.8 Å². The zero-order valence-electron chi connectivity index (χ0n) is 20.1. The number of rotatable bonds is 7. The van der Waals surface area contributed by atoms with Crippen molar-refractivity contribution in [2.75, 3.05) is 12.4 Å². The van der Waals surface area contributed by atoms with Crippen LogP contribution in [0.4, 0.5) is 17.1 Å². The lowest BCUT2D eigenvalue weighted by molar-refractivity contribution is 0.102. The molecule has 0 saturated carbocycles. The number of nitrogens with zero attached hydrogens (tertiary/aromatic N) is 2. The molecule has 0 heterocycles. The summed E-state index contributed by atoms with van der Waals surface area (Å²) in [6, 6.07) is 15.6. The fourth-order valence-electron chi connectivity index (χ4n) is 3.80. The van der Waals surface area contributed by atoms with Gasteiger partial charge in [0.15, 0.2) is 5.75 Å². The lowest BCUT2D eigenvalue weighted by Crippen LogP contribution is -2.12. The van der Waals surface area contributed by atoms with Crippen molar-refractivity contribution in [2.24, 2.45) is 10.2 Å². The largest absolute Gasteiger partial charge is 0.505 e. The van der Waals surface area contributed by atoms with E-state index in [4.69, 9.17) is 27.9 Å². The SMILES string of the molecule is CCc1ccc(S(=O)(=O)O)c(N=Nc2c(O)c(C(=O)Nc3ccc(OC)c(Cl)c3)cc3ccccc23)c1Cl. The summed E-state index contributed by atoms with van der Waals surface area (Å²) in [5.41, 5.74) is 0.430. The van der Waals surface area contributed by atoms with Gasteiger partial charge in [0, 0.05) is 11.1 Å². The number of carbonyl (C=O) groups is 1. The molecule has 0 fully saturated rings. The van der Waals surface area contributed by atoms with Crippen LogP contribution in [0.1, 0.15) is 22.8 Å². The molecule has 0 atom stereocenters. The van der Waals surface area contributed by atoms with Gasteiger partial charge >= 0.3 is 0 Å². The molecular formula is C26H21Cl2N3O6S. The predicted octanol–water partition coefficient (Wildman–Crippen LogP) is 7.34. The minimum absolute atomic E-state index is 0.0135. The van der Waals surface area contributed by atoms with Gasteiger partial charge in [-0.3, -0.25) is 9.35 Å². The molecule has 3 N–H and O–H groups in total. The number of hydrogen-bond acceptors (Lipinski definition) is 7. The maximum atomic E-state index is 13.1. The van der Waals surface area contributed by atoms with Gasteiger partial charge in [-0.2, -0.15) is 8.42 Å². The Hall–Kier alpha value is -3.70. The summed E-state index contributed by atoms with van der Waals surface area (Å²) in [7, 11) is -3.22. The number of aryl methyl sites for hydroxylation is 1. The van der Waals surface area contributed by atoms with Crippen LogP contribution < -0.4 is 10.1 Å². The number of halogens is 2. The summed E-state index contributed by atoms with van der Waals surface area (Å²) in [5.74, 6) is -0.729. The number of carbonyl (C=O) groups excluding carboxylic acids is 1. The molecule has 0 saturated heterocycles. The van der Waals surface area contributed by atoms with Gasteiger partial charge in [-0.1, -0.05) is 60.5 Å². The molecule has 0 aromatic heterocycles. The number of anilines is 1. The van der Waals surface area contributed by atoms with E-state index in [1.54, 1.807) is 36.4 Å². The van der Waals surface area contributed by atoms with E-state index < -0.39 is 26.7 Å². The number of ether oxygens (including phenoxy) is 1. The summed E-state index contributed by atoms with van der Waals surface area (Å²) >= 11 is 12.5. The highest BCUT2D eigenvalue weighted by atomic mass is 35.5. The van der Waals surface area contributed by atoms with Crippen LogP contribution in [-0.2, 0) is 16.5 Å². The molecule has 0 aliphatic heterocycles. The number of phenolic OH excluding ortho intramolecular Hbond substituents is 1. The van der Waals surface area contributed by atoms with E-state index in [-0.39, 0.29) is 27.0 Å². The number of amides is 1. The fourth-order valence-corrected chi connectivity index (χ4v) is 5.07. The molecule has 12 heteroatoms. The Morgan fingerprint density at radius 1 is 1.03 bits per heavy atom. The Labute approximate surface area is 228 Å². The van der Waals surface area contributed by atoms with Crippen molar-refractivity contribution in [2.45, 2.75) is 18.2 Å². The number of azo groups is 1. The highest BCUT2D eigenvalue weighted by Gasteiger charge is 2.22. The highest BCUT2D eigenvalue weighted by Crippen LogP contribution is 2.42. The Morgan fingerprint density at radius 2 is 1.74 bits per heavy atom. The summed E-state index contributed by atoms with van der Waals surface area (Å²) in [6.07, 6.45) is 0.465. The number of hydrogen-bond donors (Lipinski definition) is 3. The summed E-state index contributed by atoms with van der Waals surface area (Å²) < 4.78 is 38.7. The van der Waals surface area contributed by atoms with Crippen molar-refractivity contribution in [1.29, 1.82) is 0 Å². The molecule has 0 bridgehead atoms. The van der Waals surface area contributed by atoms with Crippen LogP contribution in [0.2, 0.25) is 10.0 Å². The second-order valence-corrected chi connectivity index (χ2v) is 10.2. The second kappa shape index (κ2) is 11.0. The van der Waals surface area contributed by atoms with Crippen molar-refractivity contribution < 1.29 is 27.6 Å². The van der Waals surface area contributed by atoms with Crippen molar-refractivity contribution in [3.8, 4) is 11.5 Å². The molecule has 4 aromatic carbocycles. The Bertz CT molecular complexity index is 1710. The van der Waals surface area contributed by atoms with Crippen LogP contribution >= 0.6 is 23.2 Å². The molecular weight excluding hydrogens is 553 g/mol. The van der Waals surface area contributed by atoms with Gasteiger partial charge in [-0.25, -0.2) is 0 Å². The number of phenols is 1. The molecule has 0 unspecified atom stereocenters. The van der Waals surface area contributed by atoms with Gasteiger partial charge in [0.25, 0.3) is 16.0 Å². The van der Waals surface area contributed by atoms with Crippen molar-refractivity contribution in [1.82, 2.24) is 0 Å². The maximum absolute atomic E-state index is 13.1. The van der Waals surface area contributed by atoms with E-state index in [9.17, 15) is 22.9 Å². The average Bonchev–Trinajstić information content (AvgIpc) is 2.87. The number of methoxy groups -OCH3 is 1. The van der Waals surface area contributed by atoms with Crippen molar-refractivity contribution in [3.05, 3.63) is 81.8 Å². The number of aromatic hydroxyl groups is 1. The molecule has 1 amide bonds. The fraction of sp³-hybridized carbons (Fsp3) is 0.115.